The predicted molar refractivity (Wildman–Crippen MR) is 125 cm³/mol. The van der Waals surface area contributed by atoms with E-state index in [0.29, 0.717) is 0 Å². The van der Waals surface area contributed by atoms with Gasteiger partial charge in [0.2, 0.25) is 0 Å². The number of rotatable bonds is 4. The molecule has 5 rings (SSSR count). The van der Waals surface area contributed by atoms with Gasteiger partial charge in [-0.1, -0.05) is 6.92 Å². The van der Waals surface area contributed by atoms with Gasteiger partial charge >= 0.3 is 0 Å². The zero-order valence-electron chi connectivity index (χ0n) is 16.6. The second kappa shape index (κ2) is 7.81. The van der Waals surface area contributed by atoms with E-state index in [9.17, 15) is 4.39 Å². The first-order valence-electron chi connectivity index (χ1n) is 9.88. The van der Waals surface area contributed by atoms with Gasteiger partial charge in [0.1, 0.15) is 5.82 Å². The summed E-state index contributed by atoms with van der Waals surface area (Å²) in [6.07, 6.45) is 8.75. The molecule has 0 aliphatic carbocycles. The number of nitrogens with one attached hydrogen (secondary N) is 2. The van der Waals surface area contributed by atoms with Gasteiger partial charge in [-0.2, -0.15) is 0 Å². The number of aryl methyl sites for hydroxylation is 2. The Hall–Kier alpha value is -2.77. The molecule has 0 spiro atoms. The highest BCUT2D eigenvalue weighted by molar-refractivity contribution is 7.19. The third-order valence-electron chi connectivity index (χ3n) is 5.38. The highest BCUT2D eigenvalue weighted by Crippen LogP contribution is 2.39. The number of hydrogen-bond acceptors (Lipinski definition) is 6. The number of fused-ring (bicyclic) bond motifs is 1. The van der Waals surface area contributed by atoms with E-state index >= 15 is 0 Å². The second-order valence-electron chi connectivity index (χ2n) is 7.31. The van der Waals surface area contributed by atoms with E-state index in [1.807, 2.05) is 6.07 Å². The third kappa shape index (κ3) is 3.48. The lowest BCUT2D eigenvalue weighted by atomic mass is 10.00. The van der Waals surface area contributed by atoms with Crippen LogP contribution in [0, 0.1) is 12.7 Å². The van der Waals surface area contributed by atoms with Crippen molar-refractivity contribution >= 4 is 45.4 Å². The van der Waals surface area contributed by atoms with Crippen LogP contribution in [0.1, 0.15) is 39.9 Å². The molecule has 2 aromatic heterocycles. The Balaban J connectivity index is 1.49. The van der Waals surface area contributed by atoms with Gasteiger partial charge in [0, 0.05) is 25.4 Å². The number of halogens is 1. The summed E-state index contributed by atoms with van der Waals surface area (Å²) in [5.41, 5.74) is 4.20. The summed E-state index contributed by atoms with van der Waals surface area (Å²) in [7, 11) is 0. The molecule has 4 nitrogen and oxygen atoms in total. The lowest BCUT2D eigenvalue weighted by Gasteiger charge is -2.22. The van der Waals surface area contributed by atoms with Crippen LogP contribution in [-0.4, -0.2) is 12.7 Å². The van der Waals surface area contributed by atoms with Crippen molar-refractivity contribution in [2.24, 2.45) is 9.98 Å². The van der Waals surface area contributed by atoms with Crippen molar-refractivity contribution in [3.05, 3.63) is 79.9 Å². The highest BCUT2D eigenvalue weighted by atomic mass is 32.1. The Morgan fingerprint density at radius 3 is 2.50 bits per heavy atom. The van der Waals surface area contributed by atoms with E-state index < -0.39 is 0 Å². The topological polar surface area (TPSA) is 48.8 Å². The quantitative estimate of drug-likeness (QED) is 0.544. The molecular formula is C23H21FN4S2. The summed E-state index contributed by atoms with van der Waals surface area (Å²) in [4.78, 5) is 11.7. The van der Waals surface area contributed by atoms with E-state index in [0.717, 1.165) is 38.3 Å². The average molecular weight is 437 g/mol. The Morgan fingerprint density at radius 1 is 1.03 bits per heavy atom. The van der Waals surface area contributed by atoms with Gasteiger partial charge in [0.05, 0.1) is 36.2 Å². The fraction of sp³-hybridized carbons (Fsp3) is 0.217. The van der Waals surface area contributed by atoms with Crippen molar-refractivity contribution in [3.63, 3.8) is 0 Å². The molecule has 2 N–H and O–H groups in total. The first-order valence-corrected chi connectivity index (χ1v) is 11.6. The molecule has 1 aromatic carbocycles. The van der Waals surface area contributed by atoms with Gasteiger partial charge in [-0.05, 0) is 60.7 Å². The molecule has 152 valence electrons. The van der Waals surface area contributed by atoms with Crippen LogP contribution >= 0.6 is 22.7 Å². The van der Waals surface area contributed by atoms with Crippen LogP contribution in [0.15, 0.2) is 63.2 Å². The maximum absolute atomic E-state index is 13.9. The zero-order chi connectivity index (χ0) is 20.7. The standard InChI is InChI=1S/C23H21FN4S2/c1-3-16-6-14(10-29-16)18-8-19(26-11-25-18)20-9-21(28-12-27-20)23-13(2)30-22-5-4-15(24)7-17(22)23/h4-12,18,21H,3H2,1-2H3,(H,25,26)(H,27,28). The van der Waals surface area contributed by atoms with Crippen LogP contribution in [0.3, 0.4) is 0 Å². The Labute approximate surface area is 182 Å². The van der Waals surface area contributed by atoms with Crippen LogP contribution in [-0.2, 0) is 6.42 Å². The van der Waals surface area contributed by atoms with Gasteiger partial charge in [0.25, 0.3) is 0 Å². The molecule has 2 aliphatic heterocycles. The second-order valence-corrected chi connectivity index (χ2v) is 9.56. The molecule has 4 heterocycles. The molecule has 0 bridgehead atoms. The van der Waals surface area contributed by atoms with Gasteiger partial charge in [-0.15, -0.1) is 22.7 Å². The summed E-state index contributed by atoms with van der Waals surface area (Å²) in [6, 6.07) is 7.04. The number of hydrogen-bond donors (Lipinski definition) is 2. The molecule has 0 saturated heterocycles. The van der Waals surface area contributed by atoms with E-state index in [1.54, 1.807) is 41.4 Å². The molecule has 0 radical (unpaired) electrons. The Morgan fingerprint density at radius 2 is 1.77 bits per heavy atom. The highest BCUT2D eigenvalue weighted by Gasteiger charge is 2.22. The van der Waals surface area contributed by atoms with Crippen LogP contribution in [0.2, 0.25) is 0 Å². The fourth-order valence-corrected chi connectivity index (χ4v) is 5.82. The minimum atomic E-state index is -0.221. The molecule has 0 saturated carbocycles. The predicted octanol–water partition coefficient (Wildman–Crippen LogP) is 5.79. The number of aliphatic imine (C=N–C) groups is 2. The molecule has 0 amide bonds. The average Bonchev–Trinajstić information content (AvgIpc) is 3.37. The van der Waals surface area contributed by atoms with E-state index in [2.05, 4.69) is 58.1 Å². The van der Waals surface area contributed by atoms with Gasteiger partial charge in [-0.3, -0.25) is 9.98 Å². The summed E-state index contributed by atoms with van der Waals surface area (Å²) >= 11 is 3.46. The monoisotopic (exact) mass is 436 g/mol. The van der Waals surface area contributed by atoms with E-state index in [-0.39, 0.29) is 17.9 Å². The van der Waals surface area contributed by atoms with Crippen molar-refractivity contribution in [2.75, 3.05) is 0 Å². The summed E-state index contributed by atoms with van der Waals surface area (Å²) in [6.45, 7) is 4.24. The Kier molecular flexibility index (Phi) is 5.00. The van der Waals surface area contributed by atoms with Gasteiger partial charge in [0.15, 0.2) is 0 Å². The lowest BCUT2D eigenvalue weighted by Crippen LogP contribution is -2.27. The molecule has 2 unspecified atom stereocenters. The SMILES string of the molecule is CCc1cc(C2C=C(C3=CC(c4c(C)sc5ccc(F)cc45)N=CN3)NC=N2)cs1. The van der Waals surface area contributed by atoms with Crippen LogP contribution in [0.4, 0.5) is 4.39 Å². The third-order valence-corrected chi connectivity index (χ3v) is 7.58. The molecule has 7 heteroatoms. The normalized spacial score (nSPS) is 20.6. The van der Waals surface area contributed by atoms with Gasteiger partial charge in [-0.25, -0.2) is 4.39 Å². The largest absolute Gasteiger partial charge is 0.345 e. The van der Waals surface area contributed by atoms with Crippen molar-refractivity contribution in [1.29, 1.82) is 0 Å². The smallest absolute Gasteiger partial charge is 0.123 e. The summed E-state index contributed by atoms with van der Waals surface area (Å²) in [5, 5.41) is 9.64. The van der Waals surface area contributed by atoms with Crippen molar-refractivity contribution in [1.82, 2.24) is 10.6 Å². The van der Waals surface area contributed by atoms with Crippen molar-refractivity contribution in [3.8, 4) is 0 Å². The molecule has 2 aliphatic rings. The molecule has 3 aromatic rings. The molecule has 0 fully saturated rings. The first-order chi connectivity index (χ1) is 14.6. The minimum absolute atomic E-state index is 0.00405. The number of thiophene rings is 2. The minimum Gasteiger partial charge on any atom is -0.345 e. The first kappa shape index (κ1) is 19.2. The number of benzene rings is 1. The molecule has 2 atom stereocenters. The maximum atomic E-state index is 13.9. The van der Waals surface area contributed by atoms with E-state index in [1.165, 1.54) is 16.5 Å². The summed E-state index contributed by atoms with van der Waals surface area (Å²) in [5.74, 6) is -0.221. The fourth-order valence-electron chi connectivity index (χ4n) is 3.86. The molecule has 30 heavy (non-hydrogen) atoms. The number of nitrogens with zero attached hydrogens (tertiary/aromatic N) is 2. The van der Waals surface area contributed by atoms with Crippen LogP contribution < -0.4 is 10.6 Å². The maximum Gasteiger partial charge on any atom is 0.123 e. The van der Waals surface area contributed by atoms with Crippen LogP contribution in [0.25, 0.3) is 10.1 Å². The van der Waals surface area contributed by atoms with Crippen LogP contribution in [0.5, 0.6) is 0 Å². The van der Waals surface area contributed by atoms with Crippen molar-refractivity contribution < 1.29 is 4.39 Å². The van der Waals surface area contributed by atoms with Crippen molar-refractivity contribution in [2.45, 2.75) is 32.4 Å². The molecular weight excluding hydrogens is 415 g/mol. The lowest BCUT2D eigenvalue weighted by molar-refractivity contribution is 0.629. The Bertz CT molecular complexity index is 1230. The summed E-state index contributed by atoms with van der Waals surface area (Å²) < 4.78 is 15.0. The zero-order valence-corrected chi connectivity index (χ0v) is 18.3. The van der Waals surface area contributed by atoms with E-state index in [4.69, 9.17) is 0 Å². The van der Waals surface area contributed by atoms with Gasteiger partial charge < -0.3 is 10.6 Å².